The molecule has 6 heteroatoms. The standard InChI is InChI=1S/C23H21NO5/c25-20(14-21(26)23(28)29)18-15-24(19-12-5-4-11-17(19)22(18)27)13-7-6-10-16-8-2-1-3-9-16/h1-5,8-9,11-12,14-15,25H,6-7,10,13H2,(H,28,29)/b20-14-. The van der Waals surface area contributed by atoms with E-state index in [2.05, 4.69) is 12.1 Å². The van der Waals surface area contributed by atoms with Crippen LogP contribution in [0.1, 0.15) is 24.0 Å². The van der Waals surface area contributed by atoms with Gasteiger partial charge >= 0.3 is 5.97 Å². The number of para-hydroxylation sites is 1. The van der Waals surface area contributed by atoms with Crippen LogP contribution in [0.15, 0.2) is 71.7 Å². The maximum absolute atomic E-state index is 12.7. The van der Waals surface area contributed by atoms with Crippen LogP contribution < -0.4 is 5.43 Å². The molecule has 148 valence electrons. The summed E-state index contributed by atoms with van der Waals surface area (Å²) in [6.07, 6.45) is 4.77. The molecule has 0 unspecified atom stereocenters. The van der Waals surface area contributed by atoms with Crippen molar-refractivity contribution in [2.45, 2.75) is 25.8 Å². The van der Waals surface area contributed by atoms with Crippen molar-refractivity contribution in [1.82, 2.24) is 4.57 Å². The molecule has 0 spiro atoms. The summed E-state index contributed by atoms with van der Waals surface area (Å²) in [7, 11) is 0. The fourth-order valence-corrected chi connectivity index (χ4v) is 3.23. The van der Waals surface area contributed by atoms with Gasteiger partial charge in [-0.3, -0.25) is 9.59 Å². The number of aliphatic hydroxyl groups excluding tert-OH is 1. The van der Waals surface area contributed by atoms with Gasteiger partial charge in [-0.05, 0) is 37.0 Å². The third-order valence-electron chi connectivity index (χ3n) is 4.70. The molecule has 3 rings (SSSR count). The molecule has 29 heavy (non-hydrogen) atoms. The van der Waals surface area contributed by atoms with E-state index in [1.165, 1.54) is 11.8 Å². The number of aliphatic carboxylic acids is 1. The van der Waals surface area contributed by atoms with Crippen molar-refractivity contribution in [1.29, 1.82) is 0 Å². The van der Waals surface area contributed by atoms with E-state index in [0.717, 1.165) is 24.8 Å². The van der Waals surface area contributed by atoms with Gasteiger partial charge in [-0.1, -0.05) is 42.5 Å². The van der Waals surface area contributed by atoms with Gasteiger partial charge in [0.25, 0.3) is 5.78 Å². The Morgan fingerprint density at radius 1 is 0.931 bits per heavy atom. The van der Waals surface area contributed by atoms with Gasteiger partial charge in [0.1, 0.15) is 5.76 Å². The lowest BCUT2D eigenvalue weighted by Gasteiger charge is -2.13. The smallest absolute Gasteiger partial charge is 0.376 e. The second-order valence-corrected chi connectivity index (χ2v) is 6.72. The van der Waals surface area contributed by atoms with Crippen LogP contribution in [-0.4, -0.2) is 26.5 Å². The van der Waals surface area contributed by atoms with Crippen LogP contribution in [0.3, 0.4) is 0 Å². The molecule has 0 atom stereocenters. The minimum absolute atomic E-state index is 0.0960. The molecule has 2 N–H and O–H groups in total. The summed E-state index contributed by atoms with van der Waals surface area (Å²) in [6.45, 7) is 0.612. The first-order chi connectivity index (χ1) is 14.0. The number of aryl methyl sites for hydroxylation is 2. The number of nitrogens with zero attached hydrogens (tertiary/aromatic N) is 1. The Morgan fingerprint density at radius 3 is 2.34 bits per heavy atom. The SMILES string of the molecule is O=C(O)C(=O)/C=C(\O)c1cn(CCCCc2ccccc2)c2ccccc2c1=O. The number of unbranched alkanes of at least 4 members (excludes halogenated alkanes) is 1. The third kappa shape index (κ3) is 4.79. The molecule has 1 aromatic heterocycles. The lowest BCUT2D eigenvalue weighted by Crippen LogP contribution is -2.16. The second kappa shape index (κ2) is 9.01. The molecule has 0 fully saturated rings. The lowest BCUT2D eigenvalue weighted by molar-refractivity contribution is -0.146. The molecule has 0 saturated heterocycles. The van der Waals surface area contributed by atoms with Gasteiger partial charge < -0.3 is 14.8 Å². The molecule has 3 aromatic rings. The highest BCUT2D eigenvalue weighted by Gasteiger charge is 2.15. The number of hydrogen-bond acceptors (Lipinski definition) is 4. The van der Waals surface area contributed by atoms with Gasteiger partial charge in [0, 0.05) is 24.2 Å². The van der Waals surface area contributed by atoms with Gasteiger partial charge in [0.05, 0.1) is 11.1 Å². The average molecular weight is 391 g/mol. The highest BCUT2D eigenvalue weighted by Crippen LogP contribution is 2.17. The Hall–Kier alpha value is -3.67. The van der Waals surface area contributed by atoms with Gasteiger partial charge in [-0.25, -0.2) is 4.79 Å². The van der Waals surface area contributed by atoms with E-state index < -0.39 is 22.9 Å². The molecule has 0 bridgehead atoms. The molecule has 1 heterocycles. The predicted molar refractivity (Wildman–Crippen MR) is 111 cm³/mol. The Labute approximate surface area is 167 Å². The van der Waals surface area contributed by atoms with E-state index >= 15 is 0 Å². The predicted octanol–water partition coefficient (Wildman–Crippen LogP) is 3.58. The number of hydrogen-bond donors (Lipinski definition) is 2. The van der Waals surface area contributed by atoms with Crippen LogP contribution >= 0.6 is 0 Å². The van der Waals surface area contributed by atoms with E-state index in [-0.39, 0.29) is 5.56 Å². The zero-order chi connectivity index (χ0) is 20.8. The van der Waals surface area contributed by atoms with Crippen molar-refractivity contribution in [2.24, 2.45) is 0 Å². The number of carboxylic acids is 1. The summed E-state index contributed by atoms with van der Waals surface area (Å²) < 4.78 is 1.85. The number of benzene rings is 2. The summed E-state index contributed by atoms with van der Waals surface area (Å²) in [6, 6.07) is 17.2. The normalized spacial score (nSPS) is 11.5. The fourth-order valence-electron chi connectivity index (χ4n) is 3.23. The van der Waals surface area contributed by atoms with Crippen molar-refractivity contribution < 1.29 is 19.8 Å². The Kier molecular flexibility index (Phi) is 6.24. The van der Waals surface area contributed by atoms with E-state index in [1.807, 2.05) is 34.9 Å². The lowest BCUT2D eigenvalue weighted by atomic mass is 10.1. The molecule has 0 aliphatic carbocycles. The van der Waals surface area contributed by atoms with E-state index in [4.69, 9.17) is 5.11 Å². The van der Waals surface area contributed by atoms with E-state index in [0.29, 0.717) is 18.0 Å². The van der Waals surface area contributed by atoms with Gasteiger partial charge in [-0.15, -0.1) is 0 Å². The number of pyridine rings is 1. The first kappa shape index (κ1) is 20.1. The number of fused-ring (bicyclic) bond motifs is 1. The van der Waals surface area contributed by atoms with Crippen molar-refractivity contribution >= 4 is 28.4 Å². The summed E-state index contributed by atoms with van der Waals surface area (Å²) >= 11 is 0. The van der Waals surface area contributed by atoms with Crippen molar-refractivity contribution in [3.8, 4) is 0 Å². The summed E-state index contributed by atoms with van der Waals surface area (Å²) in [5.74, 6) is -3.63. The first-order valence-electron chi connectivity index (χ1n) is 9.32. The Bertz CT molecular complexity index is 1130. The van der Waals surface area contributed by atoms with Gasteiger partial charge in [-0.2, -0.15) is 0 Å². The number of aromatic nitrogens is 1. The molecule has 6 nitrogen and oxygen atoms in total. The summed E-state index contributed by atoms with van der Waals surface area (Å²) in [5.41, 5.74) is 1.43. The average Bonchev–Trinajstić information content (AvgIpc) is 2.73. The fraction of sp³-hybridized carbons (Fsp3) is 0.174. The number of carbonyl (C=O) groups excluding carboxylic acids is 1. The van der Waals surface area contributed by atoms with E-state index in [9.17, 15) is 19.5 Å². The first-order valence-corrected chi connectivity index (χ1v) is 9.32. The number of ketones is 1. The van der Waals surface area contributed by atoms with Crippen molar-refractivity contribution in [2.75, 3.05) is 0 Å². The molecule has 0 radical (unpaired) electrons. The van der Waals surface area contributed by atoms with Crippen LogP contribution in [0, 0.1) is 0 Å². The minimum atomic E-state index is -1.70. The molecule has 2 aromatic carbocycles. The van der Waals surface area contributed by atoms with Crippen molar-refractivity contribution in [3.63, 3.8) is 0 Å². The van der Waals surface area contributed by atoms with Crippen LogP contribution in [0.25, 0.3) is 16.7 Å². The Morgan fingerprint density at radius 2 is 1.62 bits per heavy atom. The minimum Gasteiger partial charge on any atom is -0.507 e. The second-order valence-electron chi connectivity index (χ2n) is 6.72. The quantitative estimate of drug-likeness (QED) is 0.265. The van der Waals surface area contributed by atoms with Crippen LogP contribution in [0.4, 0.5) is 0 Å². The number of rotatable bonds is 8. The zero-order valence-corrected chi connectivity index (χ0v) is 15.7. The van der Waals surface area contributed by atoms with Crippen LogP contribution in [0.2, 0.25) is 0 Å². The van der Waals surface area contributed by atoms with Crippen LogP contribution in [0.5, 0.6) is 0 Å². The number of aliphatic hydroxyl groups is 1. The highest BCUT2D eigenvalue weighted by atomic mass is 16.4. The number of carbonyl (C=O) groups is 2. The molecular weight excluding hydrogens is 370 g/mol. The maximum Gasteiger partial charge on any atom is 0.376 e. The van der Waals surface area contributed by atoms with Crippen molar-refractivity contribution in [3.05, 3.63) is 88.2 Å². The van der Waals surface area contributed by atoms with Gasteiger partial charge in [0.2, 0.25) is 0 Å². The molecule has 0 aliphatic rings. The third-order valence-corrected chi connectivity index (χ3v) is 4.70. The van der Waals surface area contributed by atoms with E-state index in [1.54, 1.807) is 12.1 Å². The number of carboxylic acid groups (broad SMARTS) is 1. The monoisotopic (exact) mass is 391 g/mol. The topological polar surface area (TPSA) is 96.6 Å². The maximum atomic E-state index is 12.7. The molecule has 0 saturated carbocycles. The molecule has 0 amide bonds. The largest absolute Gasteiger partial charge is 0.507 e. The van der Waals surface area contributed by atoms with Crippen LogP contribution in [-0.2, 0) is 22.6 Å². The summed E-state index contributed by atoms with van der Waals surface area (Å²) in [4.78, 5) is 34.8. The Balaban J connectivity index is 1.88. The zero-order valence-electron chi connectivity index (χ0n) is 15.7. The molecular formula is C23H21NO5. The highest BCUT2D eigenvalue weighted by molar-refractivity contribution is 6.38. The molecule has 0 aliphatic heterocycles. The summed E-state index contributed by atoms with van der Waals surface area (Å²) in [5, 5.41) is 19.3. The van der Waals surface area contributed by atoms with Gasteiger partial charge in [0.15, 0.2) is 5.43 Å².